The van der Waals surface area contributed by atoms with E-state index in [1.54, 1.807) is 32.2 Å². The summed E-state index contributed by atoms with van der Waals surface area (Å²) in [7, 11) is 0. The number of benzene rings is 2. The Hall–Kier alpha value is -3.54. The number of nitrogens with zero attached hydrogens (tertiary/aromatic N) is 1. The van der Waals surface area contributed by atoms with Crippen LogP contribution in [0.25, 0.3) is 5.69 Å². The van der Waals surface area contributed by atoms with Gasteiger partial charge in [0.05, 0.1) is 16.8 Å². The fraction of sp³-hybridized carbons (Fsp3) is 0.280. The van der Waals surface area contributed by atoms with Crippen LogP contribution in [0.2, 0.25) is 5.15 Å². The molecule has 3 rings (SSSR count). The van der Waals surface area contributed by atoms with E-state index in [-0.39, 0.29) is 39.3 Å². The van der Waals surface area contributed by atoms with Crippen molar-refractivity contribution < 1.29 is 40.3 Å². The first-order valence-electron chi connectivity index (χ1n) is 11.0. The molecule has 0 aliphatic rings. The summed E-state index contributed by atoms with van der Waals surface area (Å²) in [5.74, 6) is -1.52. The van der Waals surface area contributed by atoms with Gasteiger partial charge in [-0.3, -0.25) is 9.59 Å². The van der Waals surface area contributed by atoms with Crippen LogP contribution in [0.5, 0.6) is 0 Å². The minimum atomic E-state index is -6.28. The fourth-order valence-electron chi connectivity index (χ4n) is 3.75. The lowest BCUT2D eigenvalue weighted by Gasteiger charge is -2.30. The number of aromatic nitrogens is 1. The lowest BCUT2D eigenvalue weighted by atomic mass is 9.92. The molecular formula is C25H21ClF7N3O2. The molecule has 38 heavy (non-hydrogen) atoms. The number of nitrogens with one attached hydrogen (secondary N) is 2. The molecular weight excluding hydrogens is 543 g/mol. The Morgan fingerprint density at radius 1 is 0.895 bits per heavy atom. The van der Waals surface area contributed by atoms with E-state index in [1.807, 2.05) is 0 Å². The lowest BCUT2D eigenvalue weighted by Crippen LogP contribution is -2.50. The van der Waals surface area contributed by atoms with Gasteiger partial charge < -0.3 is 15.2 Å². The molecule has 1 aromatic heterocycles. The summed E-state index contributed by atoms with van der Waals surface area (Å²) in [5, 5.41) is 5.28. The Kier molecular flexibility index (Phi) is 7.88. The average Bonchev–Trinajstić information content (AvgIpc) is 3.22. The van der Waals surface area contributed by atoms with Gasteiger partial charge in [0, 0.05) is 23.5 Å². The SMILES string of the molecule is Cc1cc(C(F)(C(F)(F)F)C(F)(F)F)ccc1NC(=O)c1cccc(-n2cccc2Cl)c1C(=O)NC(C)C. The number of carbonyl (C=O) groups is 2. The molecule has 0 saturated heterocycles. The van der Waals surface area contributed by atoms with Gasteiger partial charge in [0.2, 0.25) is 0 Å². The molecule has 2 N–H and O–H groups in total. The molecule has 0 atom stereocenters. The maximum absolute atomic E-state index is 14.4. The second-order valence-corrected chi connectivity index (χ2v) is 9.05. The zero-order valence-electron chi connectivity index (χ0n) is 20.1. The normalized spacial score (nSPS) is 12.5. The monoisotopic (exact) mass is 563 g/mol. The largest absolute Gasteiger partial charge is 0.435 e. The molecule has 5 nitrogen and oxygen atoms in total. The first kappa shape index (κ1) is 29.0. The van der Waals surface area contributed by atoms with Gasteiger partial charge in [-0.1, -0.05) is 29.8 Å². The third-order valence-corrected chi connectivity index (χ3v) is 5.85. The molecule has 0 unspecified atom stereocenters. The van der Waals surface area contributed by atoms with Crippen molar-refractivity contribution in [2.24, 2.45) is 0 Å². The molecule has 0 radical (unpaired) electrons. The van der Waals surface area contributed by atoms with E-state index in [2.05, 4.69) is 10.6 Å². The van der Waals surface area contributed by atoms with Crippen LogP contribution in [0, 0.1) is 6.92 Å². The highest BCUT2D eigenvalue weighted by atomic mass is 35.5. The molecule has 0 bridgehead atoms. The fourth-order valence-corrected chi connectivity index (χ4v) is 3.97. The first-order valence-corrected chi connectivity index (χ1v) is 11.4. The van der Waals surface area contributed by atoms with Crippen LogP contribution in [0.3, 0.4) is 0 Å². The van der Waals surface area contributed by atoms with Gasteiger partial charge in [-0.15, -0.1) is 0 Å². The van der Waals surface area contributed by atoms with Crippen molar-refractivity contribution in [3.8, 4) is 5.69 Å². The summed E-state index contributed by atoms with van der Waals surface area (Å²) in [4.78, 5) is 26.3. The van der Waals surface area contributed by atoms with Gasteiger partial charge in [0.25, 0.3) is 11.8 Å². The molecule has 1 heterocycles. The standard InChI is InChI=1S/C25H21ClF7N3O2/c1-13(2)34-22(38)20-16(6-4-7-18(20)36-11-5-8-19(36)26)21(37)35-17-10-9-15(12-14(17)3)23(27,24(28,29)30)25(31,32)33/h4-13H,1-3H3,(H,34,38)(H,35,37). The van der Waals surface area contributed by atoms with Crippen LogP contribution in [0.4, 0.5) is 36.4 Å². The van der Waals surface area contributed by atoms with Gasteiger partial charge in [0.15, 0.2) is 0 Å². The number of alkyl halides is 7. The van der Waals surface area contributed by atoms with E-state index in [9.17, 15) is 40.3 Å². The number of anilines is 1. The smallest absolute Gasteiger partial charge is 0.350 e. The molecule has 0 fully saturated rings. The van der Waals surface area contributed by atoms with Gasteiger partial charge in [-0.2, -0.15) is 26.3 Å². The number of halogens is 8. The Labute approximate surface area is 217 Å². The maximum atomic E-state index is 14.4. The zero-order valence-corrected chi connectivity index (χ0v) is 20.8. The Balaban J connectivity index is 2.06. The highest BCUT2D eigenvalue weighted by Gasteiger charge is 2.73. The van der Waals surface area contributed by atoms with Crippen molar-refractivity contribution in [2.75, 3.05) is 5.32 Å². The number of rotatable bonds is 6. The number of aryl methyl sites for hydroxylation is 1. The summed E-state index contributed by atoms with van der Waals surface area (Å²) in [5.41, 5.74) is -7.75. The predicted octanol–water partition coefficient (Wildman–Crippen LogP) is 7.12. The second kappa shape index (κ2) is 10.3. The van der Waals surface area contributed by atoms with Crippen LogP contribution in [0.1, 0.15) is 45.7 Å². The van der Waals surface area contributed by atoms with Gasteiger partial charge in [0.1, 0.15) is 5.15 Å². The van der Waals surface area contributed by atoms with Crippen molar-refractivity contribution in [1.82, 2.24) is 9.88 Å². The van der Waals surface area contributed by atoms with Crippen molar-refractivity contribution in [2.45, 2.75) is 44.8 Å². The molecule has 2 amide bonds. The zero-order chi connectivity index (χ0) is 28.6. The second-order valence-electron chi connectivity index (χ2n) is 8.67. The molecule has 0 aliphatic carbocycles. The lowest BCUT2D eigenvalue weighted by molar-refractivity contribution is -0.348. The third-order valence-electron chi connectivity index (χ3n) is 5.55. The van der Waals surface area contributed by atoms with Crippen LogP contribution >= 0.6 is 11.6 Å². The highest BCUT2D eigenvalue weighted by molar-refractivity contribution is 6.30. The van der Waals surface area contributed by atoms with E-state index < -0.39 is 35.4 Å². The van der Waals surface area contributed by atoms with Gasteiger partial charge in [-0.05, 0) is 56.7 Å². The van der Waals surface area contributed by atoms with Gasteiger partial charge >= 0.3 is 18.0 Å². The van der Waals surface area contributed by atoms with E-state index in [0.717, 1.165) is 13.0 Å². The first-order chi connectivity index (χ1) is 17.5. The van der Waals surface area contributed by atoms with Crippen molar-refractivity contribution in [3.63, 3.8) is 0 Å². The number of hydrogen-bond acceptors (Lipinski definition) is 2. The molecule has 204 valence electrons. The third kappa shape index (κ3) is 5.35. The van der Waals surface area contributed by atoms with E-state index in [4.69, 9.17) is 11.6 Å². The van der Waals surface area contributed by atoms with Crippen molar-refractivity contribution in [1.29, 1.82) is 0 Å². The molecule has 2 aromatic carbocycles. The minimum Gasteiger partial charge on any atom is -0.350 e. The van der Waals surface area contributed by atoms with Crippen molar-refractivity contribution >= 4 is 29.1 Å². The summed E-state index contributed by atoms with van der Waals surface area (Å²) < 4.78 is 94.7. The Morgan fingerprint density at radius 2 is 1.53 bits per heavy atom. The Morgan fingerprint density at radius 3 is 2.03 bits per heavy atom. The van der Waals surface area contributed by atoms with Crippen LogP contribution in [0.15, 0.2) is 54.7 Å². The molecule has 0 saturated carbocycles. The summed E-state index contributed by atoms with van der Waals surface area (Å²) in [6.45, 7) is 4.50. The average molecular weight is 564 g/mol. The summed E-state index contributed by atoms with van der Waals surface area (Å²) in [6.07, 6.45) is -11.0. The van der Waals surface area contributed by atoms with Crippen molar-refractivity contribution in [3.05, 3.63) is 82.1 Å². The van der Waals surface area contributed by atoms with E-state index in [0.29, 0.717) is 12.1 Å². The molecule has 13 heteroatoms. The van der Waals surface area contributed by atoms with Crippen LogP contribution in [-0.4, -0.2) is 34.8 Å². The summed E-state index contributed by atoms with van der Waals surface area (Å²) in [6, 6.07) is 8.55. The minimum absolute atomic E-state index is 0.0806. The highest BCUT2D eigenvalue weighted by Crippen LogP contribution is 2.53. The number of amides is 2. The predicted molar refractivity (Wildman–Crippen MR) is 127 cm³/mol. The quantitative estimate of drug-likeness (QED) is 0.314. The molecule has 3 aromatic rings. The number of carbonyl (C=O) groups excluding carboxylic acids is 2. The topological polar surface area (TPSA) is 63.1 Å². The Bertz CT molecular complexity index is 1350. The maximum Gasteiger partial charge on any atom is 0.435 e. The van der Waals surface area contributed by atoms with Crippen LogP contribution < -0.4 is 10.6 Å². The number of hydrogen-bond donors (Lipinski definition) is 2. The van der Waals surface area contributed by atoms with Crippen LogP contribution in [-0.2, 0) is 5.67 Å². The van der Waals surface area contributed by atoms with E-state index in [1.165, 1.54) is 22.8 Å². The molecule has 0 aliphatic heterocycles. The van der Waals surface area contributed by atoms with Gasteiger partial charge in [-0.25, -0.2) is 4.39 Å². The summed E-state index contributed by atoms with van der Waals surface area (Å²) >= 11 is 6.19. The molecule has 0 spiro atoms. The van der Waals surface area contributed by atoms with E-state index >= 15 is 0 Å².